The van der Waals surface area contributed by atoms with E-state index in [4.69, 9.17) is 5.73 Å². The van der Waals surface area contributed by atoms with Crippen molar-refractivity contribution in [3.05, 3.63) is 53.3 Å². The van der Waals surface area contributed by atoms with Crippen molar-refractivity contribution in [2.45, 2.75) is 19.9 Å². The predicted molar refractivity (Wildman–Crippen MR) is 74.0 cm³/mol. The van der Waals surface area contributed by atoms with E-state index in [0.29, 0.717) is 6.54 Å². The van der Waals surface area contributed by atoms with Gasteiger partial charge in [-0.25, -0.2) is 0 Å². The van der Waals surface area contributed by atoms with Crippen LogP contribution in [0.5, 0.6) is 0 Å². The molecule has 3 heteroatoms. The average Bonchev–Trinajstić information content (AvgIpc) is 2.82. The van der Waals surface area contributed by atoms with Gasteiger partial charge in [-0.15, -0.1) is 0 Å². The summed E-state index contributed by atoms with van der Waals surface area (Å²) in [5.41, 5.74) is 11.9. The fourth-order valence-electron chi connectivity index (χ4n) is 2.57. The number of rotatable bonds is 2. The van der Waals surface area contributed by atoms with Gasteiger partial charge in [0.1, 0.15) is 0 Å². The summed E-state index contributed by atoms with van der Waals surface area (Å²) in [7, 11) is 0. The molecule has 92 valence electrons. The van der Waals surface area contributed by atoms with Crippen molar-refractivity contribution >= 4 is 11.4 Å². The molecule has 0 amide bonds. The van der Waals surface area contributed by atoms with Crippen LogP contribution in [0, 0.1) is 6.92 Å². The van der Waals surface area contributed by atoms with Crippen molar-refractivity contribution in [3.8, 4) is 0 Å². The first-order chi connectivity index (χ1) is 8.79. The lowest BCUT2D eigenvalue weighted by Gasteiger charge is -2.22. The zero-order valence-electron chi connectivity index (χ0n) is 10.6. The Morgan fingerprint density at radius 3 is 2.94 bits per heavy atom. The lowest BCUT2D eigenvalue weighted by Crippen LogP contribution is -2.17. The van der Waals surface area contributed by atoms with Crippen LogP contribution in [0.1, 0.15) is 16.8 Å². The van der Waals surface area contributed by atoms with E-state index in [2.05, 4.69) is 40.2 Å². The zero-order chi connectivity index (χ0) is 12.5. The Labute approximate surface area is 107 Å². The minimum atomic E-state index is 0.529. The van der Waals surface area contributed by atoms with Crippen LogP contribution < -0.4 is 10.6 Å². The van der Waals surface area contributed by atoms with Crippen LogP contribution in [0.4, 0.5) is 11.4 Å². The van der Waals surface area contributed by atoms with E-state index in [0.717, 1.165) is 24.2 Å². The largest absolute Gasteiger partial charge is 0.341 e. The van der Waals surface area contributed by atoms with Crippen LogP contribution in [0.25, 0.3) is 0 Å². The van der Waals surface area contributed by atoms with Gasteiger partial charge in [0.2, 0.25) is 0 Å². The van der Waals surface area contributed by atoms with Gasteiger partial charge >= 0.3 is 0 Å². The maximum atomic E-state index is 5.82. The SMILES string of the molecule is Cc1cc(N2CCc3ccccc32)c(CN)cn1. The highest BCUT2D eigenvalue weighted by Gasteiger charge is 2.21. The number of nitrogens with zero attached hydrogens (tertiary/aromatic N) is 2. The molecule has 0 unspecified atom stereocenters. The van der Waals surface area contributed by atoms with E-state index in [1.165, 1.54) is 16.9 Å². The molecule has 1 aromatic carbocycles. The van der Waals surface area contributed by atoms with Gasteiger partial charge in [-0.05, 0) is 31.0 Å². The second-order valence-corrected chi connectivity index (χ2v) is 4.69. The third-order valence-corrected chi connectivity index (χ3v) is 3.50. The van der Waals surface area contributed by atoms with Gasteiger partial charge in [0.25, 0.3) is 0 Å². The fraction of sp³-hybridized carbons (Fsp3) is 0.267. The summed E-state index contributed by atoms with van der Waals surface area (Å²) in [6.07, 6.45) is 2.99. The molecule has 2 N–H and O–H groups in total. The number of hydrogen-bond acceptors (Lipinski definition) is 3. The number of hydrogen-bond donors (Lipinski definition) is 1. The second kappa shape index (κ2) is 4.42. The van der Waals surface area contributed by atoms with Gasteiger partial charge in [0.15, 0.2) is 0 Å². The molecule has 2 aromatic rings. The van der Waals surface area contributed by atoms with Crippen molar-refractivity contribution in [1.29, 1.82) is 0 Å². The summed E-state index contributed by atoms with van der Waals surface area (Å²) < 4.78 is 0. The molecule has 1 aliphatic heterocycles. The molecule has 1 aliphatic rings. The molecule has 18 heavy (non-hydrogen) atoms. The van der Waals surface area contributed by atoms with Gasteiger partial charge in [0, 0.05) is 41.9 Å². The van der Waals surface area contributed by atoms with E-state index in [-0.39, 0.29) is 0 Å². The van der Waals surface area contributed by atoms with Crippen molar-refractivity contribution < 1.29 is 0 Å². The van der Waals surface area contributed by atoms with Gasteiger partial charge < -0.3 is 10.6 Å². The molecule has 0 bridgehead atoms. The maximum absolute atomic E-state index is 5.82. The molecule has 0 fully saturated rings. The quantitative estimate of drug-likeness (QED) is 0.875. The first-order valence-electron chi connectivity index (χ1n) is 6.30. The van der Waals surface area contributed by atoms with Gasteiger partial charge in [-0.3, -0.25) is 4.98 Å². The van der Waals surface area contributed by atoms with E-state index >= 15 is 0 Å². The number of pyridine rings is 1. The number of aromatic nitrogens is 1. The van der Waals surface area contributed by atoms with Crippen molar-refractivity contribution in [2.75, 3.05) is 11.4 Å². The molecule has 2 heterocycles. The molecule has 0 aliphatic carbocycles. The molecule has 0 atom stereocenters. The summed E-state index contributed by atoms with van der Waals surface area (Å²) in [6, 6.07) is 10.7. The number of aryl methyl sites for hydroxylation is 1. The third-order valence-electron chi connectivity index (χ3n) is 3.50. The van der Waals surface area contributed by atoms with Crippen LogP contribution in [-0.2, 0) is 13.0 Å². The first-order valence-corrected chi connectivity index (χ1v) is 6.30. The normalized spacial score (nSPS) is 13.8. The lowest BCUT2D eigenvalue weighted by atomic mass is 10.1. The van der Waals surface area contributed by atoms with Crippen LogP contribution in [0.2, 0.25) is 0 Å². The van der Waals surface area contributed by atoms with Gasteiger partial charge in [-0.1, -0.05) is 18.2 Å². The fourth-order valence-corrected chi connectivity index (χ4v) is 2.57. The highest BCUT2D eigenvalue weighted by atomic mass is 15.2. The summed E-state index contributed by atoms with van der Waals surface area (Å²) in [4.78, 5) is 6.68. The number of nitrogens with two attached hydrogens (primary N) is 1. The zero-order valence-corrected chi connectivity index (χ0v) is 10.6. The van der Waals surface area contributed by atoms with E-state index in [9.17, 15) is 0 Å². The number of benzene rings is 1. The van der Waals surface area contributed by atoms with E-state index in [1.54, 1.807) is 0 Å². The minimum Gasteiger partial charge on any atom is -0.341 e. The first kappa shape index (κ1) is 11.2. The molecule has 0 saturated heterocycles. The molecule has 0 radical (unpaired) electrons. The Bertz CT molecular complexity index is 578. The molecule has 1 aromatic heterocycles. The Kier molecular flexibility index (Phi) is 2.76. The lowest BCUT2D eigenvalue weighted by molar-refractivity contribution is 0.957. The molecule has 0 spiro atoms. The molecule has 3 rings (SSSR count). The Balaban J connectivity index is 2.09. The van der Waals surface area contributed by atoms with E-state index in [1.807, 2.05) is 13.1 Å². The summed E-state index contributed by atoms with van der Waals surface area (Å²) >= 11 is 0. The van der Waals surface area contributed by atoms with Crippen molar-refractivity contribution in [1.82, 2.24) is 4.98 Å². The van der Waals surface area contributed by atoms with Crippen LogP contribution >= 0.6 is 0 Å². The van der Waals surface area contributed by atoms with Crippen LogP contribution in [0.3, 0.4) is 0 Å². The highest BCUT2D eigenvalue weighted by Crippen LogP contribution is 2.35. The average molecular weight is 239 g/mol. The number of fused-ring (bicyclic) bond motifs is 1. The molecular weight excluding hydrogens is 222 g/mol. The molecule has 0 saturated carbocycles. The Morgan fingerprint density at radius 1 is 1.28 bits per heavy atom. The highest BCUT2D eigenvalue weighted by molar-refractivity contribution is 5.71. The number of para-hydroxylation sites is 1. The Morgan fingerprint density at radius 2 is 2.11 bits per heavy atom. The van der Waals surface area contributed by atoms with Gasteiger partial charge in [0.05, 0.1) is 0 Å². The van der Waals surface area contributed by atoms with Crippen molar-refractivity contribution in [3.63, 3.8) is 0 Å². The van der Waals surface area contributed by atoms with E-state index < -0.39 is 0 Å². The van der Waals surface area contributed by atoms with Gasteiger partial charge in [-0.2, -0.15) is 0 Å². The molecular formula is C15H17N3. The third kappa shape index (κ3) is 1.77. The maximum Gasteiger partial charge on any atom is 0.0490 e. The van der Waals surface area contributed by atoms with Crippen LogP contribution in [-0.4, -0.2) is 11.5 Å². The smallest absolute Gasteiger partial charge is 0.0490 e. The predicted octanol–water partition coefficient (Wildman–Crippen LogP) is 2.54. The molecule has 3 nitrogen and oxygen atoms in total. The van der Waals surface area contributed by atoms with Crippen molar-refractivity contribution in [2.24, 2.45) is 5.73 Å². The standard InChI is InChI=1S/C15H17N3/c1-11-8-15(13(9-16)10-17-11)18-7-6-12-4-2-3-5-14(12)18/h2-5,8,10H,6-7,9,16H2,1H3. The summed E-state index contributed by atoms with van der Waals surface area (Å²) in [6.45, 7) is 3.57. The summed E-state index contributed by atoms with van der Waals surface area (Å²) in [5.74, 6) is 0. The Hall–Kier alpha value is -1.87. The monoisotopic (exact) mass is 239 g/mol. The minimum absolute atomic E-state index is 0.529. The number of anilines is 2. The van der Waals surface area contributed by atoms with Crippen LogP contribution in [0.15, 0.2) is 36.5 Å². The second-order valence-electron chi connectivity index (χ2n) is 4.69. The summed E-state index contributed by atoms with van der Waals surface area (Å²) in [5, 5.41) is 0. The topological polar surface area (TPSA) is 42.1 Å².